The number of thiophene rings is 1. The van der Waals surface area contributed by atoms with Gasteiger partial charge >= 0.3 is 12.0 Å². The van der Waals surface area contributed by atoms with Gasteiger partial charge in [0.05, 0.1) is 0 Å². The number of hydroxylamine groups is 1. The van der Waals surface area contributed by atoms with Crippen LogP contribution < -0.4 is 10.8 Å². The first kappa shape index (κ1) is 14.5. The van der Waals surface area contributed by atoms with Crippen LogP contribution in [0.5, 0.6) is 0 Å². The van der Waals surface area contributed by atoms with E-state index < -0.39 is 18.6 Å². The molecule has 0 spiro atoms. The van der Waals surface area contributed by atoms with Crippen molar-refractivity contribution < 1.29 is 19.5 Å². The molecule has 1 aromatic rings. The molecule has 1 atom stereocenters. The molecule has 1 aromatic heterocycles. The van der Waals surface area contributed by atoms with Crippen LogP contribution in [0.15, 0.2) is 12.1 Å². The third-order valence-electron chi connectivity index (χ3n) is 2.04. The summed E-state index contributed by atoms with van der Waals surface area (Å²) in [6, 6.07) is 3.45. The Hall–Kier alpha value is -1.60. The number of carboxylic acid groups (broad SMARTS) is 1. The summed E-state index contributed by atoms with van der Waals surface area (Å²) in [5, 5.41) is 11.0. The number of urea groups is 1. The fourth-order valence-corrected chi connectivity index (χ4v) is 2.38. The van der Waals surface area contributed by atoms with E-state index in [1.54, 1.807) is 11.3 Å². The summed E-state index contributed by atoms with van der Waals surface area (Å²) < 4.78 is 0. The average Bonchev–Trinajstić information content (AvgIpc) is 2.62. The smallest absolute Gasteiger partial charge is 0.338 e. The van der Waals surface area contributed by atoms with Crippen LogP contribution in [0.1, 0.15) is 16.7 Å². The van der Waals surface area contributed by atoms with E-state index in [0.29, 0.717) is 0 Å². The van der Waals surface area contributed by atoms with Crippen molar-refractivity contribution in [2.24, 2.45) is 0 Å². The second-order valence-electron chi connectivity index (χ2n) is 3.88. The maximum Gasteiger partial charge on any atom is 0.338 e. The number of nitrogens with one attached hydrogen (secondary N) is 2. The first-order valence-corrected chi connectivity index (χ1v) is 6.24. The van der Waals surface area contributed by atoms with Gasteiger partial charge < -0.3 is 10.4 Å². The molecule has 1 heterocycles. The van der Waals surface area contributed by atoms with Crippen LogP contribution in [0.3, 0.4) is 0 Å². The fraction of sp³-hybridized carbons (Fsp3) is 0.455. The molecule has 0 aliphatic carbocycles. The summed E-state index contributed by atoms with van der Waals surface area (Å²) >= 11 is 1.68. The van der Waals surface area contributed by atoms with Crippen molar-refractivity contribution in [1.82, 2.24) is 10.8 Å². The van der Waals surface area contributed by atoms with E-state index in [2.05, 4.69) is 10.2 Å². The van der Waals surface area contributed by atoms with Crippen molar-refractivity contribution in [2.75, 3.05) is 6.61 Å². The molecule has 0 aromatic carbocycles. The Kier molecular flexibility index (Phi) is 5.60. The molecule has 1 rings (SSSR count). The number of carbonyl (C=O) groups excluding carboxylic acids is 1. The molecular weight excluding hydrogens is 256 g/mol. The molecule has 18 heavy (non-hydrogen) atoms. The van der Waals surface area contributed by atoms with E-state index in [-0.39, 0.29) is 6.04 Å². The molecule has 7 heteroatoms. The maximum atomic E-state index is 11.3. The maximum absolute atomic E-state index is 11.3. The quantitative estimate of drug-likeness (QED) is 0.681. The van der Waals surface area contributed by atoms with Crippen molar-refractivity contribution in [2.45, 2.75) is 26.3 Å². The van der Waals surface area contributed by atoms with Crippen LogP contribution >= 0.6 is 11.3 Å². The molecule has 3 N–H and O–H groups in total. The number of hydrogen-bond donors (Lipinski definition) is 3. The highest BCUT2D eigenvalue weighted by Gasteiger charge is 2.09. The molecule has 0 saturated carbocycles. The van der Waals surface area contributed by atoms with Gasteiger partial charge in [-0.25, -0.2) is 15.1 Å². The van der Waals surface area contributed by atoms with Crippen LogP contribution in [0, 0.1) is 6.92 Å². The topological polar surface area (TPSA) is 87.7 Å². The summed E-state index contributed by atoms with van der Waals surface area (Å²) in [6.07, 6.45) is 0.727. The third-order valence-corrected chi connectivity index (χ3v) is 3.06. The van der Waals surface area contributed by atoms with Gasteiger partial charge in [-0.2, -0.15) is 0 Å². The van der Waals surface area contributed by atoms with E-state index >= 15 is 0 Å². The number of hydrogen-bond acceptors (Lipinski definition) is 4. The molecule has 0 saturated heterocycles. The summed E-state index contributed by atoms with van der Waals surface area (Å²) in [5.41, 5.74) is 2.01. The lowest BCUT2D eigenvalue weighted by Crippen LogP contribution is -2.42. The molecule has 2 amide bonds. The van der Waals surface area contributed by atoms with E-state index in [0.717, 1.165) is 6.42 Å². The minimum atomic E-state index is -1.14. The molecule has 0 aliphatic heterocycles. The second kappa shape index (κ2) is 6.97. The molecule has 6 nitrogen and oxygen atoms in total. The van der Waals surface area contributed by atoms with Crippen molar-refractivity contribution in [3.8, 4) is 0 Å². The first-order valence-electron chi connectivity index (χ1n) is 5.42. The van der Waals surface area contributed by atoms with Gasteiger partial charge in [0.1, 0.15) is 0 Å². The number of carboxylic acids is 1. The minimum absolute atomic E-state index is 0.0588. The molecule has 0 aliphatic rings. The summed E-state index contributed by atoms with van der Waals surface area (Å²) in [6.45, 7) is 3.33. The highest BCUT2D eigenvalue weighted by atomic mass is 32.1. The predicted molar refractivity (Wildman–Crippen MR) is 67.5 cm³/mol. The molecule has 1 unspecified atom stereocenters. The Bertz CT molecular complexity index is 419. The lowest BCUT2D eigenvalue weighted by Gasteiger charge is -2.13. The largest absolute Gasteiger partial charge is 0.479 e. The van der Waals surface area contributed by atoms with Gasteiger partial charge in [0.15, 0.2) is 6.61 Å². The average molecular weight is 272 g/mol. The van der Waals surface area contributed by atoms with Gasteiger partial charge in [0, 0.05) is 22.2 Å². The van der Waals surface area contributed by atoms with Gasteiger partial charge in [0.25, 0.3) is 0 Å². The number of carbonyl (C=O) groups is 2. The van der Waals surface area contributed by atoms with Gasteiger partial charge in [-0.15, -0.1) is 11.3 Å². The Morgan fingerprint density at radius 2 is 2.22 bits per heavy atom. The highest BCUT2D eigenvalue weighted by molar-refractivity contribution is 7.11. The van der Waals surface area contributed by atoms with Gasteiger partial charge in [0.2, 0.25) is 0 Å². The molecule has 0 fully saturated rings. The highest BCUT2D eigenvalue weighted by Crippen LogP contribution is 2.16. The van der Waals surface area contributed by atoms with Crippen LogP contribution in [-0.4, -0.2) is 29.8 Å². The normalized spacial score (nSPS) is 11.9. The number of rotatable bonds is 6. The van der Waals surface area contributed by atoms with Crippen molar-refractivity contribution in [3.63, 3.8) is 0 Å². The molecule has 0 bridgehead atoms. The molecule has 100 valence electrons. The van der Waals surface area contributed by atoms with Crippen LogP contribution in [0.25, 0.3) is 0 Å². The standard InChI is InChI=1S/C11H16N2O4S/c1-7(5-9-4-3-8(2)18-9)12-11(16)13-17-6-10(14)15/h3-4,7H,5-6H2,1-2H3,(H,14,15)(H2,12,13,16). The lowest BCUT2D eigenvalue weighted by molar-refractivity contribution is -0.144. The van der Waals surface area contributed by atoms with E-state index in [1.165, 1.54) is 9.75 Å². The van der Waals surface area contributed by atoms with Crippen LogP contribution in [-0.2, 0) is 16.1 Å². The van der Waals surface area contributed by atoms with E-state index in [4.69, 9.17) is 5.11 Å². The summed E-state index contributed by atoms with van der Waals surface area (Å²) in [4.78, 5) is 28.3. The lowest BCUT2D eigenvalue weighted by atomic mass is 10.2. The molecular formula is C11H16N2O4S. The number of aryl methyl sites for hydroxylation is 1. The van der Waals surface area contributed by atoms with E-state index in [9.17, 15) is 9.59 Å². The van der Waals surface area contributed by atoms with Crippen molar-refractivity contribution in [3.05, 3.63) is 21.9 Å². The Morgan fingerprint density at radius 1 is 1.50 bits per heavy atom. The summed E-state index contributed by atoms with van der Waals surface area (Å²) in [7, 11) is 0. The SMILES string of the molecule is Cc1ccc(CC(C)NC(=O)NOCC(=O)O)s1. The Balaban J connectivity index is 2.25. The minimum Gasteiger partial charge on any atom is -0.479 e. The summed E-state index contributed by atoms with van der Waals surface area (Å²) in [5.74, 6) is -1.14. The first-order chi connectivity index (χ1) is 8.47. The van der Waals surface area contributed by atoms with E-state index in [1.807, 2.05) is 31.5 Å². The zero-order valence-corrected chi connectivity index (χ0v) is 11.0. The van der Waals surface area contributed by atoms with Crippen molar-refractivity contribution >= 4 is 23.3 Å². The predicted octanol–water partition coefficient (Wildman–Crippen LogP) is 1.30. The van der Waals surface area contributed by atoms with Crippen molar-refractivity contribution in [1.29, 1.82) is 0 Å². The third kappa shape index (κ3) is 5.65. The Morgan fingerprint density at radius 3 is 2.78 bits per heavy atom. The zero-order chi connectivity index (χ0) is 13.5. The zero-order valence-electron chi connectivity index (χ0n) is 10.2. The van der Waals surface area contributed by atoms with Gasteiger partial charge in [-0.3, -0.25) is 4.84 Å². The van der Waals surface area contributed by atoms with Gasteiger partial charge in [-0.1, -0.05) is 0 Å². The van der Waals surface area contributed by atoms with Crippen LogP contribution in [0.4, 0.5) is 4.79 Å². The van der Waals surface area contributed by atoms with Crippen LogP contribution in [0.2, 0.25) is 0 Å². The second-order valence-corrected chi connectivity index (χ2v) is 5.25. The Labute approximate surface area is 109 Å². The number of amides is 2. The monoisotopic (exact) mass is 272 g/mol. The fourth-order valence-electron chi connectivity index (χ4n) is 1.36. The molecule has 0 radical (unpaired) electrons. The number of aliphatic carboxylic acids is 1. The van der Waals surface area contributed by atoms with Gasteiger partial charge in [-0.05, 0) is 26.0 Å².